The number of hydrogen-bond donors (Lipinski definition) is 1. The molecular weight excluding hydrogens is 303 g/mol. The molecule has 0 aliphatic heterocycles. The Kier molecular flexibility index (Phi) is 5.21. The predicted molar refractivity (Wildman–Crippen MR) is 83.6 cm³/mol. The van der Waals surface area contributed by atoms with Crippen molar-refractivity contribution in [3.05, 3.63) is 77.5 Å². The maximum absolute atomic E-state index is 12.8. The highest BCUT2D eigenvalue weighted by molar-refractivity contribution is 6.21. The Labute approximate surface area is 132 Å². The molecule has 0 amide bonds. The predicted octanol–water partition coefficient (Wildman–Crippen LogP) is 4.08. The van der Waals surface area contributed by atoms with E-state index in [1.54, 1.807) is 19.2 Å². The molecule has 5 heteroatoms. The minimum absolute atomic E-state index is 0.130. The molecule has 0 unspecified atom stereocenters. The number of carbonyl (C=O) groups is 1. The number of Topliss-reactive ketones (excluding diaryl/α,β-unsaturated/α-hetero) is 1. The van der Waals surface area contributed by atoms with Gasteiger partial charge in [0.1, 0.15) is 0 Å². The number of rotatable bonds is 5. The van der Waals surface area contributed by atoms with Gasteiger partial charge in [-0.3, -0.25) is 4.79 Å². The molecule has 1 N–H and O–H groups in total. The Morgan fingerprint density at radius 2 is 1.78 bits per heavy atom. The van der Waals surface area contributed by atoms with Crippen molar-refractivity contribution in [3.8, 4) is 0 Å². The number of carbonyl (C=O) groups excluding carboxylic acids is 1. The molecule has 0 aliphatic rings. The summed E-state index contributed by atoms with van der Waals surface area (Å²) in [5.41, 5.74) is 0.508. The average Bonchev–Trinajstić information content (AvgIpc) is 2.53. The van der Waals surface area contributed by atoms with E-state index in [0.717, 1.165) is 17.7 Å². The van der Waals surface area contributed by atoms with Gasteiger partial charge in [0.2, 0.25) is 0 Å². The van der Waals surface area contributed by atoms with E-state index in [4.69, 9.17) is 0 Å². The van der Waals surface area contributed by atoms with Crippen LogP contribution in [0.2, 0.25) is 0 Å². The lowest BCUT2D eigenvalue weighted by molar-refractivity contribution is -0.137. The lowest BCUT2D eigenvalue weighted by Crippen LogP contribution is -2.11. The van der Waals surface area contributed by atoms with Crippen molar-refractivity contribution in [3.63, 3.8) is 0 Å². The molecule has 2 nitrogen and oxygen atoms in total. The number of halogens is 3. The molecule has 0 saturated heterocycles. The number of hydrogen-bond acceptors (Lipinski definition) is 2. The van der Waals surface area contributed by atoms with E-state index in [1.165, 1.54) is 18.3 Å². The summed E-state index contributed by atoms with van der Waals surface area (Å²) < 4.78 is 38.5. The quantitative estimate of drug-likeness (QED) is 0.842. The van der Waals surface area contributed by atoms with Crippen LogP contribution in [0.25, 0.3) is 5.57 Å². The van der Waals surface area contributed by atoms with Crippen LogP contribution in [-0.4, -0.2) is 12.8 Å². The summed E-state index contributed by atoms with van der Waals surface area (Å²) in [6.45, 7) is 0. The van der Waals surface area contributed by atoms with E-state index in [0.29, 0.717) is 0 Å². The van der Waals surface area contributed by atoms with Gasteiger partial charge in [0.15, 0.2) is 5.78 Å². The Balaban J connectivity index is 2.32. The highest BCUT2D eigenvalue weighted by atomic mass is 19.4. The molecule has 0 spiro atoms. The second-order valence-electron chi connectivity index (χ2n) is 5.01. The molecule has 0 saturated carbocycles. The molecule has 0 atom stereocenters. The van der Waals surface area contributed by atoms with Gasteiger partial charge >= 0.3 is 6.18 Å². The van der Waals surface area contributed by atoms with Crippen LogP contribution in [0.3, 0.4) is 0 Å². The molecule has 2 rings (SSSR count). The smallest absolute Gasteiger partial charge is 0.393 e. The Bertz CT molecular complexity index is 706. The van der Waals surface area contributed by atoms with Crippen molar-refractivity contribution >= 4 is 11.4 Å². The summed E-state index contributed by atoms with van der Waals surface area (Å²) in [5, 5.41) is 2.73. The Hall–Kier alpha value is -2.56. The van der Waals surface area contributed by atoms with Crippen molar-refractivity contribution in [2.45, 2.75) is 12.6 Å². The number of ketones is 1. The summed E-state index contributed by atoms with van der Waals surface area (Å²) in [5.74, 6) is -0.245. The monoisotopic (exact) mass is 319 g/mol. The minimum atomic E-state index is -4.44. The minimum Gasteiger partial charge on any atom is -0.393 e. The molecule has 2 aromatic rings. The first-order valence-electron chi connectivity index (χ1n) is 7.04. The molecule has 120 valence electrons. The number of allylic oxidation sites excluding steroid dienone is 1. The summed E-state index contributed by atoms with van der Waals surface area (Å²) in [4.78, 5) is 12.5. The average molecular weight is 319 g/mol. The third-order valence-electron chi connectivity index (χ3n) is 3.30. The van der Waals surface area contributed by atoms with E-state index < -0.39 is 11.7 Å². The topological polar surface area (TPSA) is 29.1 Å². The van der Waals surface area contributed by atoms with E-state index in [1.807, 2.05) is 18.2 Å². The van der Waals surface area contributed by atoms with E-state index >= 15 is 0 Å². The molecule has 0 radical (unpaired) electrons. The van der Waals surface area contributed by atoms with Gasteiger partial charge in [-0.15, -0.1) is 0 Å². The number of benzene rings is 2. The normalized spacial score (nSPS) is 12.1. The van der Waals surface area contributed by atoms with Crippen LogP contribution < -0.4 is 5.32 Å². The highest BCUT2D eigenvalue weighted by Crippen LogP contribution is 2.31. The van der Waals surface area contributed by atoms with Crippen LogP contribution in [0.1, 0.15) is 16.7 Å². The van der Waals surface area contributed by atoms with Gasteiger partial charge in [-0.2, -0.15) is 13.2 Å². The molecule has 0 aromatic heterocycles. The van der Waals surface area contributed by atoms with Crippen LogP contribution in [-0.2, 0) is 17.4 Å². The number of alkyl halides is 3. The molecular formula is C18H16F3NO. The lowest BCUT2D eigenvalue weighted by Gasteiger charge is -2.11. The van der Waals surface area contributed by atoms with Gasteiger partial charge in [-0.1, -0.05) is 42.5 Å². The van der Waals surface area contributed by atoms with Crippen LogP contribution in [0.15, 0.2) is 60.8 Å². The zero-order valence-corrected chi connectivity index (χ0v) is 12.5. The third-order valence-corrected chi connectivity index (χ3v) is 3.30. The molecule has 23 heavy (non-hydrogen) atoms. The maximum atomic E-state index is 12.8. The van der Waals surface area contributed by atoms with Crippen LogP contribution >= 0.6 is 0 Å². The van der Waals surface area contributed by atoms with Crippen LogP contribution in [0, 0.1) is 0 Å². The van der Waals surface area contributed by atoms with Gasteiger partial charge in [-0.25, -0.2) is 0 Å². The maximum Gasteiger partial charge on any atom is 0.416 e. The Morgan fingerprint density at radius 3 is 2.39 bits per heavy atom. The van der Waals surface area contributed by atoms with Gasteiger partial charge in [0.25, 0.3) is 0 Å². The second kappa shape index (κ2) is 7.13. The fourth-order valence-electron chi connectivity index (χ4n) is 2.21. The van der Waals surface area contributed by atoms with Gasteiger partial charge in [0, 0.05) is 25.2 Å². The summed E-state index contributed by atoms with van der Waals surface area (Å²) in [6.07, 6.45) is -2.88. The van der Waals surface area contributed by atoms with Crippen molar-refractivity contribution in [2.24, 2.45) is 0 Å². The molecule has 0 fully saturated rings. The number of nitrogens with one attached hydrogen (secondary N) is 1. The van der Waals surface area contributed by atoms with Crippen LogP contribution in [0.5, 0.6) is 0 Å². The lowest BCUT2D eigenvalue weighted by atomic mass is 9.96. The van der Waals surface area contributed by atoms with Gasteiger partial charge in [0.05, 0.1) is 5.56 Å². The van der Waals surface area contributed by atoms with Gasteiger partial charge < -0.3 is 5.32 Å². The van der Waals surface area contributed by atoms with Crippen molar-refractivity contribution in [1.82, 2.24) is 5.32 Å². The third kappa shape index (κ3) is 4.45. The Morgan fingerprint density at radius 1 is 1.09 bits per heavy atom. The SMILES string of the molecule is CNC=C(C(=O)Cc1ccccc1)c1cccc(C(F)(F)F)c1. The molecule has 0 heterocycles. The second-order valence-corrected chi connectivity index (χ2v) is 5.01. The van der Waals surface area contributed by atoms with E-state index in [-0.39, 0.29) is 23.3 Å². The standard InChI is InChI=1S/C18H16F3NO/c1-22-12-16(17(23)10-13-6-3-2-4-7-13)14-8-5-9-15(11-14)18(19,20)21/h2-9,11-12,22H,10H2,1H3. The summed E-state index contributed by atoms with van der Waals surface area (Å²) >= 11 is 0. The fourth-order valence-corrected chi connectivity index (χ4v) is 2.21. The zero-order valence-electron chi connectivity index (χ0n) is 12.5. The first-order valence-corrected chi connectivity index (χ1v) is 7.04. The molecule has 0 aliphatic carbocycles. The van der Waals surface area contributed by atoms with Gasteiger partial charge in [-0.05, 0) is 23.3 Å². The first kappa shape index (κ1) is 16.8. The first-order chi connectivity index (χ1) is 10.9. The summed E-state index contributed by atoms with van der Waals surface area (Å²) in [6, 6.07) is 13.9. The summed E-state index contributed by atoms with van der Waals surface area (Å²) in [7, 11) is 1.60. The molecule has 2 aromatic carbocycles. The highest BCUT2D eigenvalue weighted by Gasteiger charge is 2.30. The van der Waals surface area contributed by atoms with Crippen molar-refractivity contribution < 1.29 is 18.0 Å². The van der Waals surface area contributed by atoms with Crippen molar-refractivity contribution in [2.75, 3.05) is 7.05 Å². The van der Waals surface area contributed by atoms with E-state index in [9.17, 15) is 18.0 Å². The largest absolute Gasteiger partial charge is 0.416 e. The van der Waals surface area contributed by atoms with Crippen molar-refractivity contribution in [1.29, 1.82) is 0 Å². The fraction of sp³-hybridized carbons (Fsp3) is 0.167. The van der Waals surface area contributed by atoms with Crippen LogP contribution in [0.4, 0.5) is 13.2 Å². The van der Waals surface area contributed by atoms with E-state index in [2.05, 4.69) is 5.32 Å². The zero-order chi connectivity index (χ0) is 16.9. The molecule has 0 bridgehead atoms.